The van der Waals surface area contributed by atoms with Crippen LogP contribution in [0.1, 0.15) is 16.1 Å². The minimum Gasteiger partial charge on any atom is -0.287 e. The highest BCUT2D eigenvalue weighted by atomic mass is 16.1. The van der Waals surface area contributed by atoms with Gasteiger partial charge in [-0.15, -0.1) is 0 Å². The molecule has 0 aliphatic carbocycles. The van der Waals surface area contributed by atoms with E-state index in [-0.39, 0.29) is 5.78 Å². The van der Waals surface area contributed by atoms with Crippen LogP contribution in [0.2, 0.25) is 0 Å². The largest absolute Gasteiger partial charge is 0.287 e. The summed E-state index contributed by atoms with van der Waals surface area (Å²) in [6.07, 6.45) is 5.78. The fraction of sp³-hybridized carbons (Fsp3) is 0. The maximum absolute atomic E-state index is 12.1. The van der Waals surface area contributed by atoms with Crippen molar-refractivity contribution in [3.05, 3.63) is 60.4 Å². The zero-order valence-electron chi connectivity index (χ0n) is 9.32. The average Bonchev–Trinajstić information content (AvgIpc) is 2.47. The summed E-state index contributed by atoms with van der Waals surface area (Å²) in [7, 11) is 0. The van der Waals surface area contributed by atoms with Crippen LogP contribution in [-0.2, 0) is 0 Å². The molecule has 0 saturated carbocycles. The Hall–Kier alpha value is -2.69. The Kier molecular flexibility index (Phi) is 2.49. The minimum atomic E-state index is -0.228. The number of fused-ring (bicyclic) bond motifs is 1. The first kappa shape index (κ1) is 10.5. The Balaban J connectivity index is 2.07. The van der Waals surface area contributed by atoms with Gasteiger partial charge in [-0.2, -0.15) is 0 Å². The van der Waals surface area contributed by atoms with Crippen LogP contribution in [0, 0.1) is 0 Å². The molecule has 86 valence electrons. The van der Waals surface area contributed by atoms with E-state index in [0.717, 1.165) is 5.52 Å². The second-order valence-corrected chi connectivity index (χ2v) is 3.70. The number of rotatable bonds is 2. The molecule has 0 unspecified atom stereocenters. The van der Waals surface area contributed by atoms with E-state index in [9.17, 15) is 4.79 Å². The normalized spacial score (nSPS) is 10.4. The number of aromatic nitrogens is 4. The summed E-state index contributed by atoms with van der Waals surface area (Å²) in [5.41, 5.74) is 2.16. The van der Waals surface area contributed by atoms with E-state index in [4.69, 9.17) is 0 Å². The molecule has 0 aliphatic heterocycles. The molecule has 0 spiro atoms. The lowest BCUT2D eigenvalue weighted by atomic mass is 10.1. The van der Waals surface area contributed by atoms with Crippen LogP contribution in [0.3, 0.4) is 0 Å². The van der Waals surface area contributed by atoms with Gasteiger partial charge in [-0.3, -0.25) is 9.78 Å². The van der Waals surface area contributed by atoms with Gasteiger partial charge in [0.2, 0.25) is 5.78 Å². The fourth-order valence-corrected chi connectivity index (χ4v) is 1.63. The highest BCUT2D eigenvalue weighted by molar-refractivity contribution is 6.07. The molecule has 0 saturated heterocycles. The second kappa shape index (κ2) is 4.29. The first-order valence-electron chi connectivity index (χ1n) is 5.36. The minimum absolute atomic E-state index is 0.228. The highest BCUT2D eigenvalue weighted by Crippen LogP contribution is 2.11. The van der Waals surface area contributed by atoms with Crippen molar-refractivity contribution in [3.8, 4) is 0 Å². The van der Waals surface area contributed by atoms with Gasteiger partial charge >= 0.3 is 0 Å². The molecular formula is C13H8N4O. The lowest BCUT2D eigenvalue weighted by molar-refractivity contribution is 0.103. The van der Waals surface area contributed by atoms with Crippen molar-refractivity contribution >= 4 is 16.8 Å². The molecule has 0 aliphatic rings. The third-order valence-electron chi connectivity index (χ3n) is 2.50. The Morgan fingerprint density at radius 3 is 2.44 bits per heavy atom. The van der Waals surface area contributed by atoms with Gasteiger partial charge in [0.1, 0.15) is 12.0 Å². The number of benzene rings is 1. The van der Waals surface area contributed by atoms with E-state index in [2.05, 4.69) is 19.9 Å². The van der Waals surface area contributed by atoms with Crippen LogP contribution < -0.4 is 0 Å². The van der Waals surface area contributed by atoms with Gasteiger partial charge in [0.15, 0.2) is 0 Å². The van der Waals surface area contributed by atoms with Crippen molar-refractivity contribution < 1.29 is 4.79 Å². The van der Waals surface area contributed by atoms with Crippen molar-refractivity contribution in [2.24, 2.45) is 0 Å². The molecule has 0 radical (unpaired) electrons. The number of hydrogen-bond donors (Lipinski definition) is 0. The molecule has 2 heterocycles. The van der Waals surface area contributed by atoms with Gasteiger partial charge in [0.05, 0.1) is 22.8 Å². The Morgan fingerprint density at radius 1 is 0.944 bits per heavy atom. The first-order chi connectivity index (χ1) is 8.84. The zero-order chi connectivity index (χ0) is 12.4. The van der Waals surface area contributed by atoms with Crippen molar-refractivity contribution in [2.45, 2.75) is 0 Å². The summed E-state index contributed by atoms with van der Waals surface area (Å²) < 4.78 is 0. The van der Waals surface area contributed by atoms with Gasteiger partial charge in [-0.25, -0.2) is 15.0 Å². The number of carbonyl (C=O) groups is 1. The van der Waals surface area contributed by atoms with Gasteiger partial charge in [-0.05, 0) is 12.1 Å². The quantitative estimate of drug-likeness (QED) is 0.633. The molecule has 0 amide bonds. The molecule has 5 heteroatoms. The summed E-state index contributed by atoms with van der Waals surface area (Å²) >= 11 is 0. The summed E-state index contributed by atoms with van der Waals surface area (Å²) in [5, 5.41) is 0. The number of ketones is 1. The Morgan fingerprint density at radius 2 is 1.67 bits per heavy atom. The van der Waals surface area contributed by atoms with Crippen molar-refractivity contribution in [1.82, 2.24) is 19.9 Å². The average molecular weight is 236 g/mol. The summed E-state index contributed by atoms with van der Waals surface area (Å²) in [5.74, 6) is -0.228. The van der Waals surface area contributed by atoms with Crippen molar-refractivity contribution in [2.75, 3.05) is 0 Å². The molecule has 1 aromatic carbocycles. The van der Waals surface area contributed by atoms with Crippen molar-refractivity contribution in [3.63, 3.8) is 0 Å². The molecule has 0 bridgehead atoms. The lowest BCUT2D eigenvalue weighted by Crippen LogP contribution is -2.05. The van der Waals surface area contributed by atoms with E-state index in [1.807, 2.05) is 24.3 Å². The molecule has 18 heavy (non-hydrogen) atoms. The van der Waals surface area contributed by atoms with Crippen LogP contribution in [0.25, 0.3) is 11.0 Å². The van der Waals surface area contributed by atoms with E-state index in [0.29, 0.717) is 16.8 Å². The van der Waals surface area contributed by atoms with E-state index < -0.39 is 0 Å². The van der Waals surface area contributed by atoms with Crippen LogP contribution >= 0.6 is 0 Å². The molecular weight excluding hydrogens is 228 g/mol. The zero-order valence-corrected chi connectivity index (χ0v) is 9.32. The number of para-hydroxylation sites is 2. The van der Waals surface area contributed by atoms with Gasteiger partial charge in [0.25, 0.3) is 0 Å². The van der Waals surface area contributed by atoms with E-state index in [1.54, 1.807) is 0 Å². The summed E-state index contributed by atoms with van der Waals surface area (Å²) in [6, 6.07) is 7.41. The van der Waals surface area contributed by atoms with E-state index >= 15 is 0 Å². The lowest BCUT2D eigenvalue weighted by Gasteiger charge is -2.01. The van der Waals surface area contributed by atoms with Gasteiger partial charge < -0.3 is 0 Å². The van der Waals surface area contributed by atoms with Gasteiger partial charge in [-0.1, -0.05) is 12.1 Å². The fourth-order valence-electron chi connectivity index (χ4n) is 1.63. The maximum atomic E-state index is 12.1. The van der Waals surface area contributed by atoms with Crippen LogP contribution in [-0.4, -0.2) is 25.7 Å². The highest BCUT2D eigenvalue weighted by Gasteiger charge is 2.12. The molecule has 2 aromatic heterocycles. The van der Waals surface area contributed by atoms with Crippen LogP contribution in [0.4, 0.5) is 0 Å². The molecule has 0 atom stereocenters. The molecule has 3 aromatic rings. The number of carbonyl (C=O) groups excluding carboxylic acids is 1. The third kappa shape index (κ3) is 1.82. The first-order valence-corrected chi connectivity index (χ1v) is 5.36. The Labute approximate surface area is 103 Å². The molecule has 0 fully saturated rings. The monoisotopic (exact) mass is 236 g/mol. The molecule has 3 rings (SSSR count). The van der Waals surface area contributed by atoms with E-state index in [1.165, 1.54) is 24.9 Å². The summed E-state index contributed by atoms with van der Waals surface area (Å²) in [4.78, 5) is 28.2. The molecule has 0 N–H and O–H groups in total. The summed E-state index contributed by atoms with van der Waals surface area (Å²) in [6.45, 7) is 0. The second-order valence-electron chi connectivity index (χ2n) is 3.70. The van der Waals surface area contributed by atoms with Crippen LogP contribution in [0.5, 0.6) is 0 Å². The van der Waals surface area contributed by atoms with Crippen LogP contribution in [0.15, 0.2) is 49.2 Å². The number of nitrogens with zero attached hydrogens (tertiary/aromatic N) is 4. The topological polar surface area (TPSA) is 68.6 Å². The molecule has 5 nitrogen and oxygen atoms in total. The standard InChI is InChI=1S/C13H8N4O/c18-13(9-5-14-8-15-6-9)12-7-16-10-3-1-2-4-11(10)17-12/h1-8H. The third-order valence-corrected chi connectivity index (χ3v) is 2.50. The SMILES string of the molecule is O=C(c1cncnc1)c1cnc2ccccc2n1. The Bertz CT molecular complexity index is 712. The smallest absolute Gasteiger partial charge is 0.216 e. The predicted octanol–water partition coefficient (Wildman–Crippen LogP) is 1.65. The van der Waals surface area contributed by atoms with Crippen molar-refractivity contribution in [1.29, 1.82) is 0 Å². The van der Waals surface area contributed by atoms with Gasteiger partial charge in [0, 0.05) is 12.4 Å². The maximum Gasteiger partial charge on any atom is 0.216 e. The predicted molar refractivity (Wildman–Crippen MR) is 65.0 cm³/mol. The number of hydrogen-bond acceptors (Lipinski definition) is 5.